The number of hydrogen-bond acceptors (Lipinski definition) is 2. The zero-order valence-electron chi connectivity index (χ0n) is 17.6. The highest BCUT2D eigenvalue weighted by molar-refractivity contribution is 5.77. The van der Waals surface area contributed by atoms with Gasteiger partial charge < -0.3 is 5.32 Å². The molecule has 3 saturated carbocycles. The van der Waals surface area contributed by atoms with Crippen molar-refractivity contribution in [3.63, 3.8) is 0 Å². The van der Waals surface area contributed by atoms with Gasteiger partial charge in [0, 0.05) is 24.4 Å². The lowest BCUT2D eigenvalue weighted by molar-refractivity contribution is -0.136. The summed E-state index contributed by atoms with van der Waals surface area (Å²) >= 11 is 0. The monoisotopic (exact) mass is 380 g/mol. The topological polar surface area (TPSA) is 42.0 Å². The second-order valence-corrected chi connectivity index (χ2v) is 10.8. The predicted octanol–water partition coefficient (Wildman–Crippen LogP) is 5.15. The Balaban J connectivity index is 1.32. The number of aromatic nitrogens is 1. The fourth-order valence-corrected chi connectivity index (χ4v) is 8.15. The molecule has 1 aliphatic heterocycles. The molecule has 1 aromatic heterocycles. The summed E-state index contributed by atoms with van der Waals surface area (Å²) in [6.45, 7) is 5.13. The van der Waals surface area contributed by atoms with Crippen LogP contribution in [0.5, 0.6) is 0 Å². The maximum atomic E-state index is 12.0. The largest absolute Gasteiger partial charge is 0.353 e. The van der Waals surface area contributed by atoms with Crippen molar-refractivity contribution in [3.8, 4) is 0 Å². The van der Waals surface area contributed by atoms with Gasteiger partial charge >= 0.3 is 0 Å². The standard InChI is InChI=1S/C25H36N2O/c1-24-14-12-21-19(9-11-22-25(21,2)15-13-23(28)27-22)20(24)10-7-17(24)6-8-18-5-3-4-16-26-18/h3-5,16-17,19-22H,6-15H2,1-2H3,(H,27,28)/t17-,19-,20-,21-,22?,24+,25+/m0/s1. The minimum atomic E-state index is 0.289. The van der Waals surface area contributed by atoms with E-state index in [1.807, 2.05) is 12.3 Å². The molecule has 1 unspecified atom stereocenters. The number of nitrogens with one attached hydrogen (secondary N) is 1. The van der Waals surface area contributed by atoms with Gasteiger partial charge in [-0.1, -0.05) is 19.9 Å². The van der Waals surface area contributed by atoms with E-state index < -0.39 is 0 Å². The van der Waals surface area contributed by atoms with Crippen molar-refractivity contribution in [2.75, 3.05) is 0 Å². The van der Waals surface area contributed by atoms with Gasteiger partial charge in [0.1, 0.15) is 0 Å². The second kappa shape index (κ2) is 6.85. The van der Waals surface area contributed by atoms with Gasteiger partial charge in [-0.05, 0) is 104 Å². The van der Waals surface area contributed by atoms with Crippen LogP contribution in [0, 0.1) is 34.5 Å². The number of carbonyl (C=O) groups excluding carboxylic acids is 1. The minimum absolute atomic E-state index is 0.289. The Morgan fingerprint density at radius 2 is 1.89 bits per heavy atom. The predicted molar refractivity (Wildman–Crippen MR) is 112 cm³/mol. The van der Waals surface area contributed by atoms with E-state index >= 15 is 0 Å². The molecule has 152 valence electrons. The molecular formula is C25H36N2O. The lowest BCUT2D eigenvalue weighted by Crippen LogP contribution is -2.61. The number of pyridine rings is 1. The molecule has 1 N–H and O–H groups in total. The average Bonchev–Trinajstić information content (AvgIpc) is 3.04. The van der Waals surface area contributed by atoms with Crippen molar-refractivity contribution in [2.45, 2.75) is 84.1 Å². The van der Waals surface area contributed by atoms with Crippen LogP contribution in [0.25, 0.3) is 0 Å². The van der Waals surface area contributed by atoms with Crippen molar-refractivity contribution in [1.29, 1.82) is 0 Å². The Bertz CT molecular complexity index is 733. The maximum absolute atomic E-state index is 12.0. The van der Waals surface area contributed by atoms with Gasteiger partial charge in [-0.15, -0.1) is 0 Å². The molecule has 3 nitrogen and oxygen atoms in total. The highest BCUT2D eigenvalue weighted by atomic mass is 16.1. The molecule has 0 radical (unpaired) electrons. The molecule has 2 heterocycles. The van der Waals surface area contributed by atoms with Crippen LogP contribution < -0.4 is 5.32 Å². The van der Waals surface area contributed by atoms with E-state index in [1.54, 1.807) is 0 Å². The molecule has 0 spiro atoms. The summed E-state index contributed by atoms with van der Waals surface area (Å²) in [6.07, 6.45) is 14.4. The number of fused-ring (bicyclic) bond motifs is 5. The first-order chi connectivity index (χ1) is 13.5. The van der Waals surface area contributed by atoms with Crippen LogP contribution in [0.15, 0.2) is 24.4 Å². The summed E-state index contributed by atoms with van der Waals surface area (Å²) in [5.74, 6) is 3.75. The number of amides is 1. The normalized spacial score (nSPS) is 44.9. The van der Waals surface area contributed by atoms with Crippen LogP contribution in [0.1, 0.15) is 77.3 Å². The Labute approximate surface area is 170 Å². The van der Waals surface area contributed by atoms with E-state index in [-0.39, 0.29) is 5.91 Å². The Kier molecular flexibility index (Phi) is 4.56. The lowest BCUT2D eigenvalue weighted by Gasteiger charge is -2.60. The molecule has 4 fully saturated rings. The van der Waals surface area contributed by atoms with Gasteiger partial charge in [0.15, 0.2) is 0 Å². The summed E-state index contributed by atoms with van der Waals surface area (Å²) in [5, 5.41) is 3.36. The highest BCUT2D eigenvalue weighted by Crippen LogP contribution is 2.66. The summed E-state index contributed by atoms with van der Waals surface area (Å²) < 4.78 is 0. The molecule has 28 heavy (non-hydrogen) atoms. The van der Waals surface area contributed by atoms with Crippen LogP contribution in [0.3, 0.4) is 0 Å². The van der Waals surface area contributed by atoms with Crippen LogP contribution in [0.2, 0.25) is 0 Å². The maximum Gasteiger partial charge on any atom is 0.220 e. The first-order valence-electron chi connectivity index (χ1n) is 11.7. The van der Waals surface area contributed by atoms with E-state index in [0.717, 1.165) is 42.9 Å². The van der Waals surface area contributed by atoms with E-state index in [2.05, 4.69) is 36.3 Å². The highest BCUT2D eigenvalue weighted by Gasteiger charge is 2.60. The number of piperidine rings is 1. The first-order valence-corrected chi connectivity index (χ1v) is 11.7. The van der Waals surface area contributed by atoms with Crippen molar-refractivity contribution < 1.29 is 4.79 Å². The van der Waals surface area contributed by atoms with Crippen molar-refractivity contribution in [1.82, 2.24) is 10.3 Å². The summed E-state index contributed by atoms with van der Waals surface area (Å²) in [7, 11) is 0. The smallest absolute Gasteiger partial charge is 0.220 e. The van der Waals surface area contributed by atoms with Crippen molar-refractivity contribution in [2.24, 2.45) is 34.5 Å². The van der Waals surface area contributed by atoms with Gasteiger partial charge in [-0.25, -0.2) is 0 Å². The molecule has 7 atom stereocenters. The minimum Gasteiger partial charge on any atom is -0.353 e. The molecule has 4 aliphatic rings. The number of carbonyl (C=O) groups is 1. The molecule has 0 aromatic carbocycles. The van der Waals surface area contributed by atoms with Gasteiger partial charge in [-0.3, -0.25) is 9.78 Å². The van der Waals surface area contributed by atoms with E-state index in [0.29, 0.717) is 16.9 Å². The molecule has 3 heteroatoms. The van der Waals surface area contributed by atoms with Crippen LogP contribution in [-0.2, 0) is 11.2 Å². The van der Waals surface area contributed by atoms with Crippen LogP contribution >= 0.6 is 0 Å². The van der Waals surface area contributed by atoms with Gasteiger partial charge in [0.2, 0.25) is 5.91 Å². The second-order valence-electron chi connectivity index (χ2n) is 10.8. The third-order valence-corrected chi connectivity index (χ3v) is 9.77. The molecular weight excluding hydrogens is 344 g/mol. The third kappa shape index (κ3) is 2.83. The Hall–Kier alpha value is -1.38. The molecule has 1 aromatic rings. The summed E-state index contributed by atoms with van der Waals surface area (Å²) in [5.41, 5.74) is 2.12. The van der Waals surface area contributed by atoms with Gasteiger partial charge in [-0.2, -0.15) is 0 Å². The van der Waals surface area contributed by atoms with Crippen molar-refractivity contribution in [3.05, 3.63) is 30.1 Å². The van der Waals surface area contributed by atoms with Gasteiger partial charge in [0.05, 0.1) is 0 Å². The van der Waals surface area contributed by atoms with Crippen LogP contribution in [0.4, 0.5) is 0 Å². The zero-order chi connectivity index (χ0) is 19.4. The van der Waals surface area contributed by atoms with Crippen LogP contribution in [-0.4, -0.2) is 16.9 Å². The fourth-order valence-electron chi connectivity index (χ4n) is 8.15. The van der Waals surface area contributed by atoms with E-state index in [4.69, 9.17) is 0 Å². The van der Waals surface area contributed by atoms with E-state index in [9.17, 15) is 4.79 Å². The van der Waals surface area contributed by atoms with Crippen molar-refractivity contribution >= 4 is 5.91 Å². The van der Waals surface area contributed by atoms with Gasteiger partial charge in [0.25, 0.3) is 0 Å². The summed E-state index contributed by atoms with van der Waals surface area (Å²) in [4.78, 5) is 16.5. The number of hydrogen-bond donors (Lipinski definition) is 1. The molecule has 3 aliphatic carbocycles. The Morgan fingerprint density at radius 1 is 1.04 bits per heavy atom. The third-order valence-electron chi connectivity index (χ3n) is 9.77. The quantitative estimate of drug-likeness (QED) is 0.788. The fraction of sp³-hybridized carbons (Fsp3) is 0.760. The average molecular weight is 381 g/mol. The number of aryl methyl sites for hydroxylation is 1. The first kappa shape index (κ1) is 18.6. The Morgan fingerprint density at radius 3 is 2.71 bits per heavy atom. The van der Waals surface area contributed by atoms with E-state index in [1.165, 1.54) is 50.6 Å². The molecule has 5 rings (SSSR count). The SMILES string of the molecule is C[C@]12CC[C@H]3[C@@H](CCC4NC(=O)CC[C@@]43C)[C@@H]1CC[C@@H]2CCc1ccccn1. The molecule has 1 amide bonds. The lowest BCUT2D eigenvalue weighted by atomic mass is 9.47. The number of rotatable bonds is 3. The molecule has 1 saturated heterocycles. The number of nitrogens with zero attached hydrogens (tertiary/aromatic N) is 1. The zero-order valence-corrected chi connectivity index (χ0v) is 17.6. The molecule has 0 bridgehead atoms. The summed E-state index contributed by atoms with van der Waals surface area (Å²) in [6, 6.07) is 6.75.